The van der Waals surface area contributed by atoms with Crippen molar-refractivity contribution >= 4 is 29.0 Å². The number of benzene rings is 2. The van der Waals surface area contributed by atoms with Crippen molar-refractivity contribution in [2.24, 2.45) is 0 Å². The number of H-pyrrole nitrogens is 1. The standard InChI is InChI=1S/C27H32N4O5/c32-26(29-34)10-9-21-5-7-22(8-6-21)20-30(13-18-36-27(33)31-14-16-35-17-15-31)12-11-23-19-28-25-4-2-1-3-24(23)25/h1-10,19,28,34H,11-18,20H2,(H,29,32)/b10-9+. The van der Waals surface area contributed by atoms with Crippen LogP contribution in [-0.2, 0) is 27.2 Å². The van der Waals surface area contributed by atoms with Crippen LogP contribution < -0.4 is 5.48 Å². The molecule has 0 atom stereocenters. The van der Waals surface area contributed by atoms with Gasteiger partial charge in [-0.05, 0) is 35.3 Å². The molecule has 2 amide bonds. The van der Waals surface area contributed by atoms with Gasteiger partial charge in [-0.3, -0.25) is 14.9 Å². The molecule has 9 heteroatoms. The van der Waals surface area contributed by atoms with Crippen LogP contribution in [0.2, 0.25) is 0 Å². The Kier molecular flexibility index (Phi) is 9.09. The Balaban J connectivity index is 1.37. The van der Waals surface area contributed by atoms with Crippen LogP contribution in [0.5, 0.6) is 0 Å². The van der Waals surface area contributed by atoms with Gasteiger partial charge in [0.25, 0.3) is 5.91 Å². The monoisotopic (exact) mass is 492 g/mol. The van der Waals surface area contributed by atoms with E-state index in [9.17, 15) is 9.59 Å². The highest BCUT2D eigenvalue weighted by Crippen LogP contribution is 2.19. The first-order valence-electron chi connectivity index (χ1n) is 12.1. The summed E-state index contributed by atoms with van der Waals surface area (Å²) in [4.78, 5) is 30.9. The van der Waals surface area contributed by atoms with Crippen LogP contribution in [-0.4, -0.2) is 78.0 Å². The summed E-state index contributed by atoms with van der Waals surface area (Å²) in [7, 11) is 0. The molecule has 1 saturated heterocycles. The van der Waals surface area contributed by atoms with E-state index >= 15 is 0 Å². The van der Waals surface area contributed by atoms with E-state index in [1.807, 2.05) is 36.4 Å². The van der Waals surface area contributed by atoms with E-state index < -0.39 is 5.91 Å². The molecule has 1 aromatic heterocycles. The highest BCUT2D eigenvalue weighted by molar-refractivity contribution is 5.90. The Morgan fingerprint density at radius 3 is 2.67 bits per heavy atom. The maximum absolute atomic E-state index is 12.4. The molecule has 1 aliphatic heterocycles. The van der Waals surface area contributed by atoms with E-state index in [1.165, 1.54) is 17.0 Å². The zero-order valence-electron chi connectivity index (χ0n) is 20.2. The lowest BCUT2D eigenvalue weighted by atomic mass is 10.1. The van der Waals surface area contributed by atoms with Gasteiger partial charge in [0.1, 0.15) is 6.61 Å². The lowest BCUT2D eigenvalue weighted by Crippen LogP contribution is -2.41. The quantitative estimate of drug-likeness (QED) is 0.228. The molecular formula is C27H32N4O5. The number of para-hydroxylation sites is 1. The van der Waals surface area contributed by atoms with Gasteiger partial charge in [-0.1, -0.05) is 42.5 Å². The molecule has 190 valence electrons. The fourth-order valence-corrected chi connectivity index (χ4v) is 4.19. The van der Waals surface area contributed by atoms with Crippen molar-refractivity contribution < 1.29 is 24.3 Å². The van der Waals surface area contributed by atoms with Gasteiger partial charge < -0.3 is 19.4 Å². The van der Waals surface area contributed by atoms with Gasteiger partial charge in [0.2, 0.25) is 0 Å². The Morgan fingerprint density at radius 1 is 1.11 bits per heavy atom. The fourth-order valence-electron chi connectivity index (χ4n) is 4.19. The number of aromatic amines is 1. The highest BCUT2D eigenvalue weighted by atomic mass is 16.6. The molecule has 0 unspecified atom stereocenters. The van der Waals surface area contributed by atoms with Crippen molar-refractivity contribution in [2.75, 3.05) is 46.0 Å². The molecule has 2 aromatic carbocycles. The molecule has 3 N–H and O–H groups in total. The molecule has 36 heavy (non-hydrogen) atoms. The Bertz CT molecular complexity index is 1170. The first kappa shape index (κ1) is 25.4. The Hall–Kier alpha value is -3.66. The molecule has 0 bridgehead atoms. The van der Waals surface area contributed by atoms with Crippen molar-refractivity contribution in [3.8, 4) is 0 Å². The number of morpholine rings is 1. The number of nitrogens with one attached hydrogen (secondary N) is 2. The number of carbonyl (C=O) groups is 2. The zero-order valence-corrected chi connectivity index (χ0v) is 20.2. The predicted molar refractivity (Wildman–Crippen MR) is 136 cm³/mol. The summed E-state index contributed by atoms with van der Waals surface area (Å²) in [5.74, 6) is -0.575. The average molecular weight is 493 g/mol. The van der Waals surface area contributed by atoms with Crippen LogP contribution in [0, 0.1) is 0 Å². The lowest BCUT2D eigenvalue weighted by molar-refractivity contribution is -0.124. The maximum Gasteiger partial charge on any atom is 0.409 e. The minimum atomic E-state index is -0.575. The second-order valence-electron chi connectivity index (χ2n) is 8.65. The summed E-state index contributed by atoms with van der Waals surface area (Å²) in [5, 5.41) is 9.84. The van der Waals surface area contributed by atoms with Gasteiger partial charge in [-0.15, -0.1) is 0 Å². The molecule has 1 fully saturated rings. The van der Waals surface area contributed by atoms with Crippen molar-refractivity contribution in [1.82, 2.24) is 20.3 Å². The number of hydroxylamine groups is 1. The maximum atomic E-state index is 12.4. The summed E-state index contributed by atoms with van der Waals surface area (Å²) < 4.78 is 10.9. The van der Waals surface area contributed by atoms with Crippen LogP contribution in [0.3, 0.4) is 0 Å². The smallest absolute Gasteiger partial charge is 0.409 e. The predicted octanol–water partition coefficient (Wildman–Crippen LogP) is 3.20. The van der Waals surface area contributed by atoms with Crippen LogP contribution >= 0.6 is 0 Å². The van der Waals surface area contributed by atoms with Crippen molar-refractivity contribution in [3.63, 3.8) is 0 Å². The molecular weight excluding hydrogens is 460 g/mol. The highest BCUT2D eigenvalue weighted by Gasteiger charge is 2.18. The Morgan fingerprint density at radius 2 is 1.89 bits per heavy atom. The number of ether oxygens (including phenoxy) is 2. The van der Waals surface area contributed by atoms with E-state index in [1.54, 1.807) is 16.5 Å². The topological polar surface area (TPSA) is 107 Å². The summed E-state index contributed by atoms with van der Waals surface area (Å²) in [6.45, 7) is 4.61. The second-order valence-corrected chi connectivity index (χ2v) is 8.65. The third-order valence-corrected chi connectivity index (χ3v) is 6.20. The SMILES string of the molecule is O=C(/C=C/c1ccc(CN(CCOC(=O)N2CCOCC2)CCc2c[nH]c3ccccc23)cc1)NO. The first-order chi connectivity index (χ1) is 17.6. The van der Waals surface area contributed by atoms with Gasteiger partial charge in [0.05, 0.1) is 13.2 Å². The summed E-state index contributed by atoms with van der Waals surface area (Å²) >= 11 is 0. The number of nitrogens with zero attached hydrogens (tertiary/aromatic N) is 2. The van der Waals surface area contributed by atoms with Gasteiger partial charge in [-0.25, -0.2) is 10.3 Å². The van der Waals surface area contributed by atoms with Crippen molar-refractivity contribution in [1.29, 1.82) is 0 Å². The summed E-state index contributed by atoms with van der Waals surface area (Å²) in [6.07, 6.45) is 5.53. The number of hydrogen-bond acceptors (Lipinski definition) is 6. The van der Waals surface area contributed by atoms with E-state index in [0.717, 1.165) is 29.6 Å². The van der Waals surface area contributed by atoms with E-state index in [-0.39, 0.29) is 6.09 Å². The van der Waals surface area contributed by atoms with Crippen molar-refractivity contribution in [3.05, 3.63) is 77.5 Å². The fraction of sp³-hybridized carbons (Fsp3) is 0.333. The third-order valence-electron chi connectivity index (χ3n) is 6.20. The first-order valence-corrected chi connectivity index (χ1v) is 12.1. The van der Waals surface area contributed by atoms with Gasteiger partial charge in [0, 0.05) is 55.9 Å². The van der Waals surface area contributed by atoms with E-state index in [0.29, 0.717) is 46.0 Å². The summed E-state index contributed by atoms with van der Waals surface area (Å²) in [6, 6.07) is 16.1. The molecule has 0 radical (unpaired) electrons. The Labute approximate surface area is 210 Å². The zero-order chi connectivity index (χ0) is 25.2. The number of rotatable bonds is 10. The minimum absolute atomic E-state index is 0.294. The van der Waals surface area contributed by atoms with Gasteiger partial charge >= 0.3 is 6.09 Å². The molecule has 2 heterocycles. The van der Waals surface area contributed by atoms with Crippen LogP contribution in [0.15, 0.2) is 60.8 Å². The average Bonchev–Trinajstić information content (AvgIpc) is 3.34. The number of hydrogen-bond donors (Lipinski definition) is 3. The lowest BCUT2D eigenvalue weighted by Gasteiger charge is -2.27. The molecule has 1 aliphatic rings. The molecule has 4 rings (SSSR count). The third kappa shape index (κ3) is 7.17. The van der Waals surface area contributed by atoms with Crippen LogP contribution in [0.1, 0.15) is 16.7 Å². The largest absolute Gasteiger partial charge is 0.448 e. The van der Waals surface area contributed by atoms with E-state index in [2.05, 4.69) is 28.2 Å². The van der Waals surface area contributed by atoms with Crippen LogP contribution in [0.25, 0.3) is 17.0 Å². The molecule has 3 aromatic rings. The molecule has 0 aliphatic carbocycles. The van der Waals surface area contributed by atoms with Gasteiger partial charge in [-0.2, -0.15) is 0 Å². The second kappa shape index (κ2) is 12.9. The number of fused-ring (bicyclic) bond motifs is 1. The number of aromatic nitrogens is 1. The minimum Gasteiger partial charge on any atom is -0.448 e. The van der Waals surface area contributed by atoms with Gasteiger partial charge in [0.15, 0.2) is 0 Å². The molecule has 9 nitrogen and oxygen atoms in total. The normalized spacial score (nSPS) is 14.0. The van der Waals surface area contributed by atoms with E-state index in [4.69, 9.17) is 14.7 Å². The molecule has 0 saturated carbocycles. The number of amides is 2. The van der Waals surface area contributed by atoms with Crippen LogP contribution in [0.4, 0.5) is 4.79 Å². The molecule has 0 spiro atoms. The summed E-state index contributed by atoms with van der Waals surface area (Å²) in [5.41, 5.74) is 5.92. The number of carbonyl (C=O) groups excluding carboxylic acids is 2. The van der Waals surface area contributed by atoms with Crippen molar-refractivity contribution in [2.45, 2.75) is 13.0 Å².